The second-order valence-electron chi connectivity index (χ2n) is 4.60. The molecule has 5 nitrogen and oxygen atoms in total. The topological polar surface area (TPSA) is 98.2 Å². The summed E-state index contributed by atoms with van der Waals surface area (Å²) in [5.41, 5.74) is 7.17. The standard InChI is InChI=1S/C14H13N3O2S2/c15-10-1-3-12(14(8-10)21(16,18)19)17-11-2-4-13-9(7-11)5-6-20-13/h1-8,17H,15H2,(H2,16,18,19). The number of rotatable bonds is 3. The van der Waals surface area contributed by atoms with Gasteiger partial charge in [0.05, 0.1) is 5.69 Å². The van der Waals surface area contributed by atoms with E-state index in [1.54, 1.807) is 23.5 Å². The molecule has 0 spiro atoms. The van der Waals surface area contributed by atoms with Crippen molar-refractivity contribution in [3.05, 3.63) is 47.8 Å². The molecule has 0 fully saturated rings. The van der Waals surface area contributed by atoms with E-state index in [4.69, 9.17) is 10.9 Å². The molecule has 108 valence electrons. The van der Waals surface area contributed by atoms with Gasteiger partial charge in [-0.05, 0) is 53.2 Å². The molecule has 0 saturated carbocycles. The summed E-state index contributed by atoms with van der Waals surface area (Å²) in [5, 5.41) is 11.4. The van der Waals surface area contributed by atoms with Crippen molar-refractivity contribution in [1.82, 2.24) is 0 Å². The third-order valence-electron chi connectivity index (χ3n) is 3.04. The predicted molar refractivity (Wildman–Crippen MR) is 87.3 cm³/mol. The Morgan fingerprint density at radius 1 is 1.05 bits per heavy atom. The summed E-state index contributed by atoms with van der Waals surface area (Å²) in [6, 6.07) is 12.4. The fourth-order valence-corrected chi connectivity index (χ4v) is 3.57. The average Bonchev–Trinajstić information content (AvgIpc) is 2.87. The van der Waals surface area contributed by atoms with Crippen molar-refractivity contribution in [3.8, 4) is 0 Å². The predicted octanol–water partition coefficient (Wildman–Crippen LogP) is 2.87. The van der Waals surface area contributed by atoms with Crippen LogP contribution in [0.1, 0.15) is 0 Å². The lowest BCUT2D eigenvalue weighted by Gasteiger charge is -2.11. The molecule has 0 aliphatic rings. The van der Waals surface area contributed by atoms with Crippen molar-refractivity contribution in [1.29, 1.82) is 0 Å². The van der Waals surface area contributed by atoms with Gasteiger partial charge in [-0.2, -0.15) is 0 Å². The van der Waals surface area contributed by atoms with Crippen LogP contribution < -0.4 is 16.2 Å². The summed E-state index contributed by atoms with van der Waals surface area (Å²) in [6.07, 6.45) is 0. The first-order valence-electron chi connectivity index (χ1n) is 6.10. The Labute approximate surface area is 126 Å². The Kier molecular flexibility index (Phi) is 3.32. The van der Waals surface area contributed by atoms with Crippen LogP contribution in [0.2, 0.25) is 0 Å². The lowest BCUT2D eigenvalue weighted by molar-refractivity contribution is 0.598. The van der Waals surface area contributed by atoms with Crippen LogP contribution in [0.25, 0.3) is 10.1 Å². The number of sulfonamides is 1. The Balaban J connectivity index is 2.05. The molecular formula is C14H13N3O2S2. The zero-order valence-electron chi connectivity index (χ0n) is 10.9. The molecular weight excluding hydrogens is 306 g/mol. The van der Waals surface area contributed by atoms with E-state index in [1.165, 1.54) is 10.8 Å². The monoisotopic (exact) mass is 319 g/mol. The van der Waals surface area contributed by atoms with Crippen molar-refractivity contribution in [2.24, 2.45) is 5.14 Å². The van der Waals surface area contributed by atoms with E-state index in [9.17, 15) is 8.42 Å². The number of thiophene rings is 1. The number of fused-ring (bicyclic) bond motifs is 1. The van der Waals surface area contributed by atoms with E-state index in [-0.39, 0.29) is 4.90 Å². The van der Waals surface area contributed by atoms with Gasteiger partial charge >= 0.3 is 0 Å². The molecule has 1 heterocycles. The lowest BCUT2D eigenvalue weighted by atomic mass is 10.2. The maximum atomic E-state index is 11.7. The van der Waals surface area contributed by atoms with Gasteiger partial charge in [0, 0.05) is 16.1 Å². The van der Waals surface area contributed by atoms with Crippen LogP contribution in [0.5, 0.6) is 0 Å². The molecule has 0 aliphatic carbocycles. The fraction of sp³-hybridized carbons (Fsp3) is 0. The number of nitrogen functional groups attached to an aromatic ring is 1. The summed E-state index contributed by atoms with van der Waals surface area (Å²) in [7, 11) is -3.85. The third kappa shape index (κ3) is 2.85. The summed E-state index contributed by atoms with van der Waals surface area (Å²) >= 11 is 1.65. The van der Waals surface area contributed by atoms with E-state index in [1.807, 2.05) is 29.6 Å². The highest BCUT2D eigenvalue weighted by atomic mass is 32.2. The van der Waals surface area contributed by atoms with Crippen molar-refractivity contribution in [2.45, 2.75) is 4.90 Å². The largest absolute Gasteiger partial charge is 0.399 e. The Hall–Kier alpha value is -2.09. The van der Waals surface area contributed by atoms with Gasteiger partial charge in [-0.3, -0.25) is 0 Å². The smallest absolute Gasteiger partial charge is 0.240 e. The van der Waals surface area contributed by atoms with E-state index in [0.717, 1.165) is 11.1 Å². The Morgan fingerprint density at radius 3 is 2.62 bits per heavy atom. The molecule has 0 bridgehead atoms. The van der Waals surface area contributed by atoms with E-state index >= 15 is 0 Å². The number of primary sulfonamides is 1. The van der Waals surface area contributed by atoms with Crippen LogP contribution >= 0.6 is 11.3 Å². The Morgan fingerprint density at radius 2 is 1.86 bits per heavy atom. The summed E-state index contributed by atoms with van der Waals surface area (Å²) in [4.78, 5) is -0.0204. The SMILES string of the molecule is Nc1ccc(Nc2ccc3sccc3c2)c(S(N)(=O)=O)c1. The second kappa shape index (κ2) is 5.03. The number of nitrogens with two attached hydrogens (primary N) is 2. The van der Waals surface area contributed by atoms with Crippen molar-refractivity contribution < 1.29 is 8.42 Å². The van der Waals surface area contributed by atoms with Crippen molar-refractivity contribution in [3.63, 3.8) is 0 Å². The van der Waals surface area contributed by atoms with Gasteiger partial charge in [0.1, 0.15) is 4.90 Å². The van der Waals surface area contributed by atoms with Crippen molar-refractivity contribution in [2.75, 3.05) is 11.1 Å². The van der Waals surface area contributed by atoms with E-state index in [0.29, 0.717) is 11.4 Å². The normalized spacial score (nSPS) is 11.7. The van der Waals surface area contributed by atoms with Gasteiger partial charge in [-0.1, -0.05) is 0 Å². The zero-order chi connectivity index (χ0) is 15.0. The van der Waals surface area contributed by atoms with Crippen LogP contribution in [0, 0.1) is 0 Å². The highest BCUT2D eigenvalue weighted by molar-refractivity contribution is 7.89. The quantitative estimate of drug-likeness (QED) is 0.646. The summed E-state index contributed by atoms with van der Waals surface area (Å²) in [5.74, 6) is 0. The highest BCUT2D eigenvalue weighted by Crippen LogP contribution is 2.29. The number of anilines is 3. The first kappa shape index (κ1) is 13.9. The van der Waals surface area contributed by atoms with Gasteiger partial charge < -0.3 is 11.1 Å². The molecule has 0 unspecified atom stereocenters. The minimum Gasteiger partial charge on any atom is -0.399 e. The first-order chi connectivity index (χ1) is 9.93. The minimum absolute atomic E-state index is 0.0204. The third-order valence-corrected chi connectivity index (χ3v) is 4.89. The van der Waals surface area contributed by atoms with Crippen LogP contribution in [0.3, 0.4) is 0 Å². The molecule has 0 atom stereocenters. The molecule has 0 saturated heterocycles. The molecule has 1 aromatic heterocycles. The molecule has 21 heavy (non-hydrogen) atoms. The molecule has 0 radical (unpaired) electrons. The molecule has 2 aromatic carbocycles. The molecule has 3 rings (SSSR count). The maximum Gasteiger partial charge on any atom is 0.240 e. The molecule has 0 amide bonds. The van der Waals surface area contributed by atoms with Gasteiger partial charge in [-0.15, -0.1) is 11.3 Å². The van der Waals surface area contributed by atoms with Crippen LogP contribution in [-0.2, 0) is 10.0 Å². The van der Waals surface area contributed by atoms with Crippen LogP contribution in [0.4, 0.5) is 17.1 Å². The number of nitrogens with one attached hydrogen (secondary N) is 1. The van der Waals surface area contributed by atoms with Gasteiger partial charge in [0.25, 0.3) is 0 Å². The fourth-order valence-electron chi connectivity index (χ4n) is 2.08. The number of hydrogen-bond donors (Lipinski definition) is 3. The van der Waals surface area contributed by atoms with Crippen LogP contribution in [-0.4, -0.2) is 8.42 Å². The second-order valence-corrected chi connectivity index (χ2v) is 7.08. The van der Waals surface area contributed by atoms with Gasteiger partial charge in [-0.25, -0.2) is 13.6 Å². The molecule has 3 aromatic rings. The lowest BCUT2D eigenvalue weighted by Crippen LogP contribution is -2.14. The summed E-state index contributed by atoms with van der Waals surface area (Å²) in [6.45, 7) is 0. The number of hydrogen-bond acceptors (Lipinski definition) is 5. The highest BCUT2D eigenvalue weighted by Gasteiger charge is 2.14. The van der Waals surface area contributed by atoms with Crippen molar-refractivity contribution >= 4 is 48.5 Å². The molecule has 5 N–H and O–H groups in total. The Bertz CT molecular complexity index is 917. The molecule has 0 aliphatic heterocycles. The average molecular weight is 319 g/mol. The maximum absolute atomic E-state index is 11.7. The van der Waals surface area contributed by atoms with Crippen LogP contribution in [0.15, 0.2) is 52.7 Å². The summed E-state index contributed by atoms with van der Waals surface area (Å²) < 4.78 is 24.5. The van der Waals surface area contributed by atoms with Gasteiger partial charge in [0.15, 0.2) is 0 Å². The van der Waals surface area contributed by atoms with E-state index in [2.05, 4.69) is 5.32 Å². The number of benzene rings is 2. The van der Waals surface area contributed by atoms with E-state index < -0.39 is 10.0 Å². The first-order valence-corrected chi connectivity index (χ1v) is 8.53. The minimum atomic E-state index is -3.85. The van der Waals surface area contributed by atoms with Gasteiger partial charge in [0.2, 0.25) is 10.0 Å². The molecule has 7 heteroatoms. The zero-order valence-corrected chi connectivity index (χ0v) is 12.5.